The van der Waals surface area contributed by atoms with Crippen LogP contribution in [0.25, 0.3) is 9.40 Å². The lowest BCUT2D eigenvalue weighted by Gasteiger charge is -2.33. The molecule has 42 heavy (non-hydrogen) atoms. The Bertz CT molecular complexity index is 1470. The molecule has 0 spiro atoms. The molecule has 1 aliphatic heterocycles. The molecule has 0 bridgehead atoms. The van der Waals surface area contributed by atoms with Crippen molar-refractivity contribution in [3.8, 4) is 0 Å². The van der Waals surface area contributed by atoms with Gasteiger partial charge in [0.2, 0.25) is 10.0 Å². The van der Waals surface area contributed by atoms with Gasteiger partial charge < -0.3 is 19.7 Å². The Morgan fingerprint density at radius 3 is 2.38 bits per heavy atom. The van der Waals surface area contributed by atoms with Crippen LogP contribution in [-0.2, 0) is 30.7 Å². The van der Waals surface area contributed by atoms with E-state index in [0.717, 1.165) is 42.2 Å². The van der Waals surface area contributed by atoms with Crippen molar-refractivity contribution in [3.63, 3.8) is 0 Å². The first-order valence-electron chi connectivity index (χ1n) is 13.8. The number of methoxy groups -OCH3 is 1. The number of hydrogen-bond donors (Lipinski definition) is 2. The Balaban J connectivity index is 1.28. The minimum atomic E-state index is -3.99. The van der Waals surface area contributed by atoms with Crippen molar-refractivity contribution >= 4 is 60.1 Å². The molecule has 3 aromatic rings. The summed E-state index contributed by atoms with van der Waals surface area (Å²) in [6, 6.07) is 10.3. The van der Waals surface area contributed by atoms with Crippen LogP contribution in [0.1, 0.15) is 54.6 Å². The van der Waals surface area contributed by atoms with Gasteiger partial charge in [0.1, 0.15) is 11.6 Å². The Kier molecular flexibility index (Phi) is 10.3. The Hall–Kier alpha value is -3.00. The van der Waals surface area contributed by atoms with Crippen LogP contribution in [0.3, 0.4) is 0 Å². The predicted molar refractivity (Wildman–Crippen MR) is 163 cm³/mol. The van der Waals surface area contributed by atoms with Crippen LogP contribution in [0.2, 0.25) is 0 Å². The van der Waals surface area contributed by atoms with Crippen LogP contribution >= 0.6 is 22.7 Å². The number of fused-ring (bicyclic) bond motifs is 1. The van der Waals surface area contributed by atoms with Gasteiger partial charge in [0, 0.05) is 29.9 Å². The van der Waals surface area contributed by atoms with Crippen molar-refractivity contribution in [1.29, 1.82) is 0 Å². The first-order chi connectivity index (χ1) is 19.8. The van der Waals surface area contributed by atoms with Crippen LogP contribution in [0.4, 0.5) is 4.79 Å². The van der Waals surface area contributed by atoms with Crippen molar-refractivity contribution in [1.82, 2.24) is 14.9 Å². The largest absolute Gasteiger partial charge is 0.468 e. The number of nitrogens with one attached hydrogen (secondary N) is 2. The van der Waals surface area contributed by atoms with Crippen LogP contribution in [0.15, 0.2) is 47.4 Å². The highest BCUT2D eigenvalue weighted by atomic mass is 32.2. The van der Waals surface area contributed by atoms with Crippen LogP contribution in [-0.4, -0.2) is 69.7 Å². The zero-order chi connectivity index (χ0) is 30.5. The summed E-state index contributed by atoms with van der Waals surface area (Å²) in [6.45, 7) is 6.78. The number of rotatable bonds is 10. The van der Waals surface area contributed by atoms with Gasteiger partial charge in [-0.25, -0.2) is 13.2 Å². The van der Waals surface area contributed by atoms with Crippen LogP contribution in [0.5, 0.6) is 0 Å². The molecule has 1 aromatic carbocycles. The molecular formula is C29H37N3O7S3. The normalized spacial score (nSPS) is 15.4. The van der Waals surface area contributed by atoms with Gasteiger partial charge in [0.05, 0.1) is 20.9 Å². The summed E-state index contributed by atoms with van der Waals surface area (Å²) in [6.07, 6.45) is 3.65. The minimum Gasteiger partial charge on any atom is -0.468 e. The number of carbonyl (C=O) groups excluding carboxylic acids is 3. The Labute approximate surface area is 254 Å². The molecule has 2 amide bonds. The monoisotopic (exact) mass is 635 g/mol. The van der Waals surface area contributed by atoms with E-state index in [0.29, 0.717) is 23.9 Å². The zero-order valence-electron chi connectivity index (χ0n) is 24.2. The predicted octanol–water partition coefficient (Wildman–Crippen LogP) is 4.79. The zero-order valence-corrected chi connectivity index (χ0v) is 26.6. The van der Waals surface area contributed by atoms with Gasteiger partial charge in [-0.3, -0.25) is 9.59 Å². The first kappa shape index (κ1) is 31.9. The number of sulfonamides is 1. The van der Waals surface area contributed by atoms with Gasteiger partial charge >= 0.3 is 12.1 Å². The fourth-order valence-electron chi connectivity index (χ4n) is 4.66. The fraction of sp³-hybridized carbons (Fsp3) is 0.483. The van der Waals surface area contributed by atoms with E-state index in [1.54, 1.807) is 34.4 Å². The van der Waals surface area contributed by atoms with Crippen molar-refractivity contribution in [2.75, 3.05) is 26.7 Å². The summed E-state index contributed by atoms with van der Waals surface area (Å²) in [5.41, 5.74) is -0.491. The molecule has 13 heteroatoms. The van der Waals surface area contributed by atoms with Gasteiger partial charge in [-0.15, -0.1) is 22.7 Å². The molecule has 0 aliphatic carbocycles. The average molecular weight is 636 g/mol. The maximum absolute atomic E-state index is 12.9. The Morgan fingerprint density at radius 1 is 1.07 bits per heavy atom. The molecular weight excluding hydrogens is 599 g/mol. The number of ether oxygens (including phenoxy) is 2. The average Bonchev–Trinajstić information content (AvgIpc) is 3.52. The quantitative estimate of drug-likeness (QED) is 0.306. The van der Waals surface area contributed by atoms with E-state index in [1.807, 2.05) is 26.8 Å². The molecule has 0 unspecified atom stereocenters. The van der Waals surface area contributed by atoms with E-state index in [9.17, 15) is 22.8 Å². The lowest BCUT2D eigenvalue weighted by molar-refractivity contribution is -0.142. The second-order valence-corrected chi connectivity index (χ2v) is 15.4. The molecule has 2 N–H and O–H groups in total. The van der Waals surface area contributed by atoms with Crippen molar-refractivity contribution in [2.24, 2.45) is 5.92 Å². The molecule has 228 valence electrons. The lowest BCUT2D eigenvalue weighted by Crippen LogP contribution is -2.48. The number of carbonyl (C=O) groups is 3. The molecule has 1 atom stereocenters. The minimum absolute atomic E-state index is 0.00536. The summed E-state index contributed by atoms with van der Waals surface area (Å²) in [4.78, 5) is 41.0. The number of hydrogen-bond acceptors (Lipinski definition) is 9. The number of nitrogens with zero attached hydrogens (tertiary/aromatic N) is 1. The second-order valence-electron chi connectivity index (χ2n) is 11.2. The number of aryl methyl sites for hydroxylation is 1. The maximum Gasteiger partial charge on any atom is 0.410 e. The molecule has 0 saturated carbocycles. The van der Waals surface area contributed by atoms with Crippen molar-refractivity contribution in [3.05, 3.63) is 52.2 Å². The first-order valence-corrected chi connectivity index (χ1v) is 16.9. The molecule has 1 aliphatic rings. The van der Waals surface area contributed by atoms with E-state index in [4.69, 9.17) is 9.47 Å². The molecule has 4 rings (SSSR count). The highest BCUT2D eigenvalue weighted by Crippen LogP contribution is 2.35. The molecule has 10 nitrogen and oxygen atoms in total. The fourth-order valence-corrected chi connectivity index (χ4v) is 8.28. The van der Waals surface area contributed by atoms with Gasteiger partial charge in [0.25, 0.3) is 5.91 Å². The summed E-state index contributed by atoms with van der Waals surface area (Å²) in [5, 5.41) is 3.64. The smallest absolute Gasteiger partial charge is 0.410 e. The van der Waals surface area contributed by atoms with E-state index < -0.39 is 33.5 Å². The molecule has 3 heterocycles. The summed E-state index contributed by atoms with van der Waals surface area (Å²) in [7, 11) is -2.83. The van der Waals surface area contributed by atoms with E-state index in [2.05, 4.69) is 16.1 Å². The number of benzene rings is 1. The standard InChI is InChI=1S/C29H37N3O7S3/c1-29(2,3)39-28(35)32-14-12-19(13-15-32)10-11-21-16-20-17-24(41-27(20)40-21)25(33)30-18-23(26(34)38-4)31-42(36,37)22-8-6-5-7-9-22/h5-9,16-17,19,23,31H,10-15,18H2,1-4H3,(H,30,33)/t23-/m0/s1. The highest BCUT2D eigenvalue weighted by molar-refractivity contribution is 7.89. The van der Waals surface area contributed by atoms with Gasteiger partial charge in [-0.1, -0.05) is 18.2 Å². The third kappa shape index (κ3) is 8.52. The summed E-state index contributed by atoms with van der Waals surface area (Å²) >= 11 is 3.03. The number of thiophene rings is 2. The third-order valence-electron chi connectivity index (χ3n) is 6.86. The van der Waals surface area contributed by atoms with E-state index >= 15 is 0 Å². The number of amides is 2. The summed E-state index contributed by atoms with van der Waals surface area (Å²) < 4.78 is 38.9. The maximum atomic E-state index is 12.9. The number of piperidine rings is 1. The SMILES string of the molecule is COC(=O)[C@H](CNC(=O)c1cc2cc(CCC3CCN(C(=O)OC(C)(C)C)CC3)sc2s1)NS(=O)(=O)c1ccccc1. The topological polar surface area (TPSA) is 131 Å². The van der Waals surface area contributed by atoms with Crippen LogP contribution in [0, 0.1) is 5.92 Å². The van der Waals surface area contributed by atoms with E-state index in [1.165, 1.54) is 28.3 Å². The lowest BCUT2D eigenvalue weighted by atomic mass is 9.92. The van der Waals surface area contributed by atoms with Gasteiger partial charge in [-0.2, -0.15) is 4.72 Å². The van der Waals surface area contributed by atoms with Crippen molar-refractivity contribution in [2.45, 2.75) is 63.0 Å². The molecule has 1 saturated heterocycles. The van der Waals surface area contributed by atoms with Gasteiger partial charge in [0.15, 0.2) is 0 Å². The number of esters is 1. The second kappa shape index (κ2) is 13.5. The molecule has 1 fully saturated rings. The van der Waals surface area contributed by atoms with Gasteiger partial charge in [-0.05, 0) is 76.6 Å². The Morgan fingerprint density at radius 2 is 1.76 bits per heavy atom. The molecule has 0 radical (unpaired) electrons. The molecule has 2 aromatic heterocycles. The van der Waals surface area contributed by atoms with Crippen LogP contribution < -0.4 is 10.0 Å². The van der Waals surface area contributed by atoms with Crippen molar-refractivity contribution < 1.29 is 32.3 Å². The summed E-state index contributed by atoms with van der Waals surface area (Å²) in [5.74, 6) is -0.649. The third-order valence-corrected chi connectivity index (χ3v) is 10.8. The number of likely N-dealkylation sites (tertiary alicyclic amines) is 1. The van der Waals surface area contributed by atoms with E-state index in [-0.39, 0.29) is 17.5 Å². The highest BCUT2D eigenvalue weighted by Gasteiger charge is 2.28.